The number of carboxylic acids is 1. The summed E-state index contributed by atoms with van der Waals surface area (Å²) in [5.41, 5.74) is 12.1. The van der Waals surface area contributed by atoms with Crippen molar-refractivity contribution in [1.82, 2.24) is 48.0 Å². The summed E-state index contributed by atoms with van der Waals surface area (Å²) in [7, 11) is 0. The second kappa shape index (κ2) is 28.1. The molecule has 11 amide bonds. The van der Waals surface area contributed by atoms with E-state index in [4.69, 9.17) is 16.7 Å². The summed E-state index contributed by atoms with van der Waals surface area (Å²) in [4.78, 5) is 135. The molecule has 0 radical (unpaired) electrons. The second-order valence-electron chi connectivity index (χ2n) is 15.9. The fraction of sp³-hybridized carbons (Fsp3) is 0.711. The van der Waals surface area contributed by atoms with E-state index < -0.39 is 116 Å². The molecule has 2 aliphatic rings. The van der Waals surface area contributed by atoms with Crippen LogP contribution in [0.5, 0.6) is 0 Å². The van der Waals surface area contributed by atoms with Crippen molar-refractivity contribution in [1.29, 1.82) is 0 Å². The van der Waals surface area contributed by atoms with E-state index in [2.05, 4.69) is 42.5 Å². The highest BCUT2D eigenvalue weighted by molar-refractivity contribution is 8.00. The van der Waals surface area contributed by atoms with Crippen LogP contribution in [0.2, 0.25) is 0 Å². The summed E-state index contributed by atoms with van der Waals surface area (Å²) in [6, 6.07) is -3.96. The lowest BCUT2D eigenvalue weighted by Crippen LogP contribution is -2.55. The van der Waals surface area contributed by atoms with Crippen molar-refractivity contribution in [3.8, 4) is 0 Å². The Kier molecular flexibility index (Phi) is 23.8. The lowest BCUT2D eigenvalue weighted by Gasteiger charge is -2.25. The van der Waals surface area contributed by atoms with Gasteiger partial charge in [0.25, 0.3) is 0 Å². The molecule has 0 aromatic rings. The number of hydrogen-bond acceptors (Lipinski definition) is 13. The first-order valence-corrected chi connectivity index (χ1v) is 22.0. The summed E-state index contributed by atoms with van der Waals surface area (Å²) in [6.07, 6.45) is 1.84. The molecule has 2 fully saturated rings. The largest absolute Gasteiger partial charge is 0.481 e. The van der Waals surface area contributed by atoms with Crippen LogP contribution in [0.4, 0.5) is 4.79 Å². The Morgan fingerprint density at radius 3 is 2.03 bits per heavy atom. The van der Waals surface area contributed by atoms with Gasteiger partial charge in [0.2, 0.25) is 53.2 Å². The number of fused-ring (bicyclic) bond motifs is 1. The number of nitrogens with two attached hydrogens (primary N) is 2. The molecule has 24 nitrogen and oxygen atoms in total. The molecule has 0 aliphatic carbocycles. The molecule has 63 heavy (non-hydrogen) atoms. The lowest BCUT2D eigenvalue weighted by molar-refractivity contribution is -0.139. The molecule has 0 aromatic carbocycles. The maximum absolute atomic E-state index is 13.3. The SMILES string of the molecule is CC(C)CC(CC(=O)NO)C(=O)N[C@@H](CCC(=O)O)C(=O)N[C@@H](CCC(N)=O)C(=O)NCC(=O)NCC(=O)N[C@@H](CCCCNC(=O)CCCC[C@@H]1SC[C@@H]2NC(=O)N[C@@H]21)C(N)=O. The van der Waals surface area contributed by atoms with Gasteiger partial charge in [-0.15, -0.1) is 0 Å². The van der Waals surface area contributed by atoms with Gasteiger partial charge < -0.3 is 59.1 Å². The summed E-state index contributed by atoms with van der Waals surface area (Å²) in [6.45, 7) is 2.57. The molecule has 2 saturated heterocycles. The quantitative estimate of drug-likeness (QED) is 0.0142. The van der Waals surface area contributed by atoms with E-state index in [9.17, 15) is 57.8 Å². The number of primary amides is 2. The molecule has 0 saturated carbocycles. The Morgan fingerprint density at radius 1 is 0.714 bits per heavy atom. The van der Waals surface area contributed by atoms with Crippen LogP contribution in [0.3, 0.4) is 0 Å². The number of thioether (sulfide) groups is 1. The highest BCUT2D eigenvalue weighted by atomic mass is 32.2. The summed E-state index contributed by atoms with van der Waals surface area (Å²) in [5.74, 6) is -8.57. The van der Waals surface area contributed by atoms with Crippen molar-refractivity contribution in [3.63, 3.8) is 0 Å². The fourth-order valence-corrected chi connectivity index (χ4v) is 8.45. The average molecular weight is 914 g/mol. The van der Waals surface area contributed by atoms with Crippen LogP contribution in [0, 0.1) is 11.8 Å². The smallest absolute Gasteiger partial charge is 0.315 e. The molecule has 354 valence electrons. The molecule has 0 bridgehead atoms. The fourth-order valence-electron chi connectivity index (χ4n) is 6.90. The van der Waals surface area contributed by atoms with E-state index in [0.717, 1.165) is 18.6 Å². The number of nitrogens with one attached hydrogen (secondary N) is 9. The third-order valence-corrected chi connectivity index (χ3v) is 11.7. The van der Waals surface area contributed by atoms with Crippen molar-refractivity contribution in [2.45, 2.75) is 133 Å². The molecule has 1 unspecified atom stereocenters. The first-order valence-electron chi connectivity index (χ1n) is 20.9. The Hall–Kier alpha value is -5.72. The predicted molar refractivity (Wildman–Crippen MR) is 225 cm³/mol. The number of carbonyl (C=O) groups is 11. The molecule has 2 aliphatic heterocycles. The van der Waals surface area contributed by atoms with Gasteiger partial charge in [-0.3, -0.25) is 53.2 Å². The van der Waals surface area contributed by atoms with E-state index in [1.807, 2.05) is 11.8 Å². The number of unbranched alkanes of at least 4 members (excludes halogenated alkanes) is 2. The summed E-state index contributed by atoms with van der Waals surface area (Å²) in [5, 5.41) is 38.9. The normalized spacial score (nSPS) is 18.2. The third kappa shape index (κ3) is 21.3. The minimum atomic E-state index is -1.52. The maximum Gasteiger partial charge on any atom is 0.315 e. The van der Waals surface area contributed by atoms with Crippen molar-refractivity contribution < 1.29 is 63.1 Å². The second-order valence-corrected chi connectivity index (χ2v) is 17.1. The monoisotopic (exact) mass is 913 g/mol. The van der Waals surface area contributed by atoms with E-state index >= 15 is 0 Å². The van der Waals surface area contributed by atoms with E-state index in [-0.39, 0.29) is 49.2 Å². The number of rotatable bonds is 31. The number of carbonyl (C=O) groups excluding carboxylic acids is 10. The highest BCUT2D eigenvalue weighted by Crippen LogP contribution is 2.33. The third-order valence-electron chi connectivity index (χ3n) is 10.1. The van der Waals surface area contributed by atoms with Gasteiger partial charge in [-0.25, -0.2) is 10.3 Å². The van der Waals surface area contributed by atoms with Gasteiger partial charge in [0.05, 0.1) is 25.2 Å². The van der Waals surface area contributed by atoms with Crippen molar-refractivity contribution in [2.75, 3.05) is 25.4 Å². The van der Waals surface area contributed by atoms with Gasteiger partial charge in [0, 0.05) is 49.1 Å². The van der Waals surface area contributed by atoms with Crippen LogP contribution < -0.4 is 59.5 Å². The Bertz CT molecular complexity index is 1650. The van der Waals surface area contributed by atoms with Crippen molar-refractivity contribution in [2.24, 2.45) is 23.3 Å². The highest BCUT2D eigenvalue weighted by Gasteiger charge is 2.42. The summed E-state index contributed by atoms with van der Waals surface area (Å²) < 4.78 is 0. The predicted octanol–water partition coefficient (Wildman–Crippen LogP) is -3.14. The van der Waals surface area contributed by atoms with Gasteiger partial charge in [0.15, 0.2) is 0 Å². The Labute approximate surface area is 368 Å². The standard InChI is InChI=1S/C38H63N11O13S/c1-20(2)15-21(16-29(52)49-62)35(58)45-24(11-13-32(55)56)37(60)46-23(10-12-27(39)50)36(59)43-17-30(53)42-18-31(54)44-22(34(40)57)7-5-6-14-41-28(51)9-4-3-8-26-33-25(19-63-26)47-38(61)48-33/h20-26,33,62H,3-19H2,1-2H3,(H2,39,50)(H2,40,57)(H,41,51)(H,42,53)(H,43,59)(H,44,54)(H,45,58)(H,46,60)(H,49,52)(H,55,56)(H2,47,48,61)/t21?,22-,23-,24-,25-,26-,33-/m0/s1. The van der Waals surface area contributed by atoms with Gasteiger partial charge in [-0.05, 0) is 57.3 Å². The first kappa shape index (κ1) is 53.4. The molecular formula is C38H63N11O13S. The number of amides is 11. The van der Waals surface area contributed by atoms with Gasteiger partial charge in [-0.2, -0.15) is 11.8 Å². The zero-order valence-corrected chi connectivity index (χ0v) is 36.4. The molecular weight excluding hydrogens is 851 g/mol. The van der Waals surface area contributed by atoms with Crippen molar-refractivity contribution >= 4 is 76.9 Å². The van der Waals surface area contributed by atoms with Crippen LogP contribution in [-0.4, -0.2) is 136 Å². The van der Waals surface area contributed by atoms with Gasteiger partial charge in [0.1, 0.15) is 18.1 Å². The van der Waals surface area contributed by atoms with Crippen LogP contribution in [0.15, 0.2) is 0 Å². The minimum Gasteiger partial charge on any atom is -0.481 e. The van der Waals surface area contributed by atoms with Gasteiger partial charge >= 0.3 is 12.0 Å². The maximum atomic E-state index is 13.3. The van der Waals surface area contributed by atoms with Gasteiger partial charge in [-0.1, -0.05) is 20.3 Å². The molecule has 7 atom stereocenters. The van der Waals surface area contributed by atoms with Crippen LogP contribution in [-0.2, 0) is 47.9 Å². The van der Waals surface area contributed by atoms with E-state index in [0.29, 0.717) is 37.5 Å². The zero-order chi connectivity index (χ0) is 47.1. The lowest BCUT2D eigenvalue weighted by atomic mass is 9.92. The Morgan fingerprint density at radius 2 is 1.38 bits per heavy atom. The number of hydrogen-bond donors (Lipinski definition) is 13. The number of urea groups is 1. The Balaban J connectivity index is 1.80. The molecule has 2 rings (SSSR count). The van der Waals surface area contributed by atoms with Crippen LogP contribution in [0.25, 0.3) is 0 Å². The topological polar surface area (TPSA) is 389 Å². The average Bonchev–Trinajstić information content (AvgIpc) is 3.77. The number of aliphatic carboxylic acids is 1. The molecule has 0 aromatic heterocycles. The van der Waals surface area contributed by atoms with E-state index in [1.54, 1.807) is 13.8 Å². The molecule has 2 heterocycles. The molecule has 15 N–H and O–H groups in total. The number of hydroxylamine groups is 1. The first-order chi connectivity index (χ1) is 29.8. The van der Waals surface area contributed by atoms with Crippen LogP contribution in [0.1, 0.15) is 97.3 Å². The minimum absolute atomic E-state index is 0.0946. The molecule has 0 spiro atoms. The zero-order valence-electron chi connectivity index (χ0n) is 35.6. The summed E-state index contributed by atoms with van der Waals surface area (Å²) >= 11 is 1.82. The molecule has 25 heteroatoms. The van der Waals surface area contributed by atoms with Crippen molar-refractivity contribution in [3.05, 3.63) is 0 Å². The van der Waals surface area contributed by atoms with Crippen LogP contribution >= 0.6 is 11.8 Å². The van der Waals surface area contributed by atoms with E-state index in [1.165, 1.54) is 5.48 Å². The number of carboxylic acid groups (broad SMARTS) is 1.